The molecule has 1 aromatic heterocycles. The van der Waals surface area contributed by atoms with Crippen molar-refractivity contribution in [2.75, 3.05) is 0 Å². The van der Waals surface area contributed by atoms with Crippen molar-refractivity contribution in [2.24, 2.45) is 7.05 Å². The summed E-state index contributed by atoms with van der Waals surface area (Å²) in [5, 5.41) is 4.31. The summed E-state index contributed by atoms with van der Waals surface area (Å²) in [7, 11) is 0.898. The Bertz CT molecular complexity index is 1080. The molecule has 0 amide bonds. The summed E-state index contributed by atoms with van der Waals surface area (Å²) in [6.07, 6.45) is 5.46. The van der Waals surface area contributed by atoms with Gasteiger partial charge in [0.1, 0.15) is 7.05 Å². The molecule has 1 aliphatic rings. The van der Waals surface area contributed by atoms with Gasteiger partial charge in [0.05, 0.1) is 19.0 Å². The highest BCUT2D eigenvalue weighted by atomic mass is 28.3. The first-order chi connectivity index (χ1) is 13.7. The third kappa shape index (κ3) is 3.68. The molecule has 0 aliphatic heterocycles. The number of pyridine rings is 1. The maximum Gasteiger partial charge on any atom is 0.220 e. The number of hydrogen-bond donors (Lipinski definition) is 0. The summed E-state index contributed by atoms with van der Waals surface area (Å²) in [5.74, 6) is 0.743. The number of rotatable bonds is 3. The molecule has 29 heavy (non-hydrogen) atoms. The van der Waals surface area contributed by atoms with Crippen molar-refractivity contribution < 1.29 is 4.57 Å². The van der Waals surface area contributed by atoms with Crippen LogP contribution in [0.25, 0.3) is 22.0 Å². The van der Waals surface area contributed by atoms with Crippen molar-refractivity contribution in [3.05, 3.63) is 58.8 Å². The lowest BCUT2D eigenvalue weighted by Crippen LogP contribution is -2.38. The number of hydrogen-bond acceptors (Lipinski definition) is 0. The van der Waals surface area contributed by atoms with Crippen molar-refractivity contribution in [2.45, 2.75) is 72.0 Å². The summed E-state index contributed by atoms with van der Waals surface area (Å²) >= 11 is 0. The molecule has 1 fully saturated rings. The van der Waals surface area contributed by atoms with Gasteiger partial charge in [-0.2, -0.15) is 4.57 Å². The van der Waals surface area contributed by atoms with Gasteiger partial charge in [0, 0.05) is 13.0 Å². The van der Waals surface area contributed by atoms with E-state index in [1.165, 1.54) is 69.7 Å². The van der Waals surface area contributed by atoms with Crippen LogP contribution in [-0.2, 0) is 7.05 Å². The molecule has 4 rings (SSSR count). The summed E-state index contributed by atoms with van der Waals surface area (Å²) in [5.41, 5.74) is 8.52. The van der Waals surface area contributed by atoms with E-state index in [-0.39, 0.29) is 0 Å². The van der Waals surface area contributed by atoms with Gasteiger partial charge in [-0.3, -0.25) is 0 Å². The molecule has 0 N–H and O–H groups in total. The van der Waals surface area contributed by atoms with E-state index in [9.17, 15) is 0 Å². The molecule has 3 aromatic rings. The van der Waals surface area contributed by atoms with E-state index in [0.29, 0.717) is 0 Å². The van der Waals surface area contributed by atoms with E-state index in [1.54, 1.807) is 5.56 Å². The van der Waals surface area contributed by atoms with Crippen molar-refractivity contribution in [3.8, 4) is 11.3 Å². The molecular formula is C27H36NSi+. The lowest BCUT2D eigenvalue weighted by molar-refractivity contribution is -0.665. The van der Waals surface area contributed by atoms with Gasteiger partial charge in [0.25, 0.3) is 0 Å². The van der Waals surface area contributed by atoms with Gasteiger partial charge < -0.3 is 0 Å². The fraction of sp³-hybridized carbons (Fsp3) is 0.444. The van der Waals surface area contributed by atoms with Gasteiger partial charge in [-0.1, -0.05) is 55.9 Å². The fourth-order valence-electron chi connectivity index (χ4n) is 5.00. The van der Waals surface area contributed by atoms with E-state index in [1.807, 2.05) is 0 Å². The molecule has 1 nitrogen and oxygen atoms in total. The molecule has 2 aromatic carbocycles. The standard InChI is InChI=1S/C27H36NSi/c1-18-14-22(21-10-8-9-11-21)17-26(20(18)3)27-25-13-12-24(29(5,6)7)16-23(25)15-19(2)28(27)4/h12-17,21H,8-11H2,1-7H3/q+1. The first-order valence-electron chi connectivity index (χ1n) is 11.2. The summed E-state index contributed by atoms with van der Waals surface area (Å²) in [6.45, 7) is 14.1. The van der Waals surface area contributed by atoms with E-state index >= 15 is 0 Å². The van der Waals surface area contributed by atoms with Crippen molar-refractivity contribution in [3.63, 3.8) is 0 Å². The second-order valence-corrected chi connectivity index (χ2v) is 15.3. The first kappa shape index (κ1) is 20.3. The van der Waals surface area contributed by atoms with Crippen LogP contribution in [0.1, 0.15) is 54.0 Å². The molecule has 152 valence electrons. The topological polar surface area (TPSA) is 3.88 Å². The van der Waals surface area contributed by atoms with Crippen LogP contribution < -0.4 is 9.75 Å². The zero-order chi connectivity index (χ0) is 20.9. The van der Waals surface area contributed by atoms with Gasteiger partial charge in [0.2, 0.25) is 5.69 Å². The molecule has 1 aliphatic carbocycles. The van der Waals surface area contributed by atoms with Crippen molar-refractivity contribution in [1.82, 2.24) is 0 Å². The fourth-order valence-corrected chi connectivity index (χ4v) is 6.17. The third-order valence-corrected chi connectivity index (χ3v) is 9.22. The Labute approximate surface area is 177 Å². The van der Waals surface area contributed by atoms with Crippen LogP contribution in [0.3, 0.4) is 0 Å². The molecule has 1 saturated carbocycles. The van der Waals surface area contributed by atoms with Gasteiger partial charge in [-0.15, -0.1) is 0 Å². The van der Waals surface area contributed by atoms with E-state index < -0.39 is 8.07 Å². The Hall–Kier alpha value is -1.93. The SMILES string of the molecule is Cc1cc(C2CCCC2)cc(-c2c3ccc([Si](C)(C)C)cc3cc(C)[n+]2C)c1C. The zero-order valence-electron chi connectivity index (χ0n) is 19.3. The molecule has 0 radical (unpaired) electrons. The second kappa shape index (κ2) is 7.39. The summed E-state index contributed by atoms with van der Waals surface area (Å²) in [6, 6.07) is 14.6. The minimum absolute atomic E-state index is 0.743. The predicted octanol–water partition coefficient (Wildman–Crippen LogP) is 6.46. The quantitative estimate of drug-likeness (QED) is 0.350. The molecule has 0 spiro atoms. The Morgan fingerprint density at radius 1 is 0.897 bits per heavy atom. The number of aromatic nitrogens is 1. The third-order valence-electron chi connectivity index (χ3n) is 7.17. The van der Waals surface area contributed by atoms with Crippen molar-refractivity contribution >= 4 is 24.0 Å². The number of fused-ring (bicyclic) bond motifs is 1. The molecule has 2 heteroatoms. The highest BCUT2D eigenvalue weighted by Crippen LogP contribution is 2.38. The molecule has 0 atom stereocenters. The minimum Gasteiger partial charge on any atom is -0.198 e. The lowest BCUT2D eigenvalue weighted by atomic mass is 9.89. The maximum atomic E-state index is 2.51. The highest BCUT2D eigenvalue weighted by Gasteiger charge is 2.25. The Kier molecular flexibility index (Phi) is 5.19. The van der Waals surface area contributed by atoms with Crippen molar-refractivity contribution in [1.29, 1.82) is 0 Å². The Balaban J connectivity index is 1.99. The van der Waals surface area contributed by atoms with Gasteiger partial charge >= 0.3 is 0 Å². The van der Waals surface area contributed by atoms with E-state index in [0.717, 1.165) is 5.92 Å². The van der Waals surface area contributed by atoms with E-state index in [4.69, 9.17) is 0 Å². The van der Waals surface area contributed by atoms with Crippen LogP contribution in [0.5, 0.6) is 0 Å². The lowest BCUT2D eigenvalue weighted by Gasteiger charge is -2.19. The number of nitrogens with zero attached hydrogens (tertiary/aromatic N) is 1. The van der Waals surface area contributed by atoms with Crippen LogP contribution in [-0.4, -0.2) is 8.07 Å². The van der Waals surface area contributed by atoms with Gasteiger partial charge in [-0.05, 0) is 66.8 Å². The summed E-state index contributed by atoms with van der Waals surface area (Å²) < 4.78 is 2.40. The Morgan fingerprint density at radius 3 is 2.24 bits per heavy atom. The highest BCUT2D eigenvalue weighted by molar-refractivity contribution is 6.88. The van der Waals surface area contributed by atoms with Crippen LogP contribution in [0.15, 0.2) is 36.4 Å². The predicted molar refractivity (Wildman–Crippen MR) is 129 cm³/mol. The minimum atomic E-state index is -1.33. The van der Waals surface area contributed by atoms with Crippen LogP contribution in [0, 0.1) is 20.8 Å². The normalized spacial score (nSPS) is 15.4. The number of benzene rings is 2. The molecule has 1 heterocycles. The van der Waals surface area contributed by atoms with E-state index in [2.05, 4.69) is 88.4 Å². The zero-order valence-corrected chi connectivity index (χ0v) is 20.3. The van der Waals surface area contributed by atoms with Crippen LogP contribution in [0.2, 0.25) is 19.6 Å². The number of aryl methyl sites for hydroxylation is 2. The average Bonchev–Trinajstić information content (AvgIpc) is 3.19. The Morgan fingerprint density at radius 2 is 1.59 bits per heavy atom. The maximum absolute atomic E-state index is 2.51. The largest absolute Gasteiger partial charge is 0.220 e. The molecule has 0 bridgehead atoms. The van der Waals surface area contributed by atoms with Crippen LogP contribution >= 0.6 is 0 Å². The van der Waals surface area contributed by atoms with Crippen LogP contribution in [0.4, 0.5) is 0 Å². The molecular weight excluding hydrogens is 366 g/mol. The monoisotopic (exact) mass is 402 g/mol. The smallest absolute Gasteiger partial charge is 0.198 e. The first-order valence-corrected chi connectivity index (χ1v) is 14.7. The average molecular weight is 403 g/mol. The molecule has 0 unspecified atom stereocenters. The second-order valence-electron chi connectivity index (χ2n) is 10.2. The van der Waals surface area contributed by atoms with Gasteiger partial charge in [0.15, 0.2) is 5.69 Å². The molecule has 0 saturated heterocycles. The summed E-state index contributed by atoms with van der Waals surface area (Å²) in [4.78, 5) is 0. The van der Waals surface area contributed by atoms with Gasteiger partial charge in [-0.25, -0.2) is 0 Å².